The second kappa shape index (κ2) is 12.7. The molecule has 0 saturated heterocycles. The number of nitrogens with zero attached hydrogens (tertiary/aromatic N) is 2. The summed E-state index contributed by atoms with van der Waals surface area (Å²) in [6, 6.07) is 11.8. The van der Waals surface area contributed by atoms with Crippen LogP contribution in [0.1, 0.15) is 32.8 Å². The standard InChI is InChI=1S/C23H31N3O6S/c1-5-14-32-21-13-8-18(15-22(21)31-7-3)16-24-25-23(27)17-26(33(4,28)29)19-9-11-20(12-10-19)30-6-2/h8-13,15-16H,5-7,14,17H2,1-4H3,(H,25,27)/b24-16+. The van der Waals surface area contributed by atoms with Gasteiger partial charge in [-0.1, -0.05) is 6.92 Å². The van der Waals surface area contributed by atoms with Crippen LogP contribution in [0, 0.1) is 0 Å². The topological polar surface area (TPSA) is 107 Å². The number of hydrogen-bond acceptors (Lipinski definition) is 7. The van der Waals surface area contributed by atoms with E-state index in [0.717, 1.165) is 17.0 Å². The highest BCUT2D eigenvalue weighted by Crippen LogP contribution is 2.28. The van der Waals surface area contributed by atoms with Crippen molar-refractivity contribution in [1.82, 2.24) is 5.43 Å². The molecule has 2 rings (SSSR count). The minimum absolute atomic E-state index is 0.351. The van der Waals surface area contributed by atoms with E-state index in [1.807, 2.05) is 20.8 Å². The summed E-state index contributed by atoms with van der Waals surface area (Å²) in [7, 11) is -3.69. The zero-order valence-corrected chi connectivity index (χ0v) is 20.2. The molecule has 0 aliphatic rings. The maximum Gasteiger partial charge on any atom is 0.260 e. The number of ether oxygens (including phenoxy) is 3. The zero-order valence-electron chi connectivity index (χ0n) is 19.4. The fraction of sp³-hybridized carbons (Fsp3) is 0.391. The van der Waals surface area contributed by atoms with Gasteiger partial charge in [-0.15, -0.1) is 0 Å². The van der Waals surface area contributed by atoms with Crippen molar-refractivity contribution >= 4 is 27.8 Å². The molecule has 0 radical (unpaired) electrons. The highest BCUT2D eigenvalue weighted by atomic mass is 32.2. The van der Waals surface area contributed by atoms with Gasteiger partial charge in [0.25, 0.3) is 5.91 Å². The van der Waals surface area contributed by atoms with E-state index in [4.69, 9.17) is 14.2 Å². The van der Waals surface area contributed by atoms with Crippen molar-refractivity contribution in [1.29, 1.82) is 0 Å². The van der Waals surface area contributed by atoms with Crippen LogP contribution in [0.25, 0.3) is 0 Å². The second-order valence-electron chi connectivity index (χ2n) is 6.98. The molecular formula is C23H31N3O6S. The average Bonchev–Trinajstić information content (AvgIpc) is 2.77. The SMILES string of the molecule is CCCOc1ccc(/C=N/NC(=O)CN(c2ccc(OCC)cc2)S(C)(=O)=O)cc1OCC. The normalized spacial score (nSPS) is 11.3. The van der Waals surface area contributed by atoms with E-state index in [0.29, 0.717) is 48.3 Å². The van der Waals surface area contributed by atoms with E-state index in [-0.39, 0.29) is 0 Å². The predicted molar refractivity (Wildman–Crippen MR) is 129 cm³/mol. The van der Waals surface area contributed by atoms with Crippen molar-refractivity contribution in [3.05, 3.63) is 48.0 Å². The first-order valence-corrected chi connectivity index (χ1v) is 12.5. The van der Waals surface area contributed by atoms with Gasteiger partial charge in [-0.25, -0.2) is 13.8 Å². The van der Waals surface area contributed by atoms with E-state index >= 15 is 0 Å². The molecule has 0 bridgehead atoms. The molecule has 10 heteroatoms. The summed E-state index contributed by atoms with van der Waals surface area (Å²) in [5.74, 6) is 1.25. The van der Waals surface area contributed by atoms with Crippen molar-refractivity contribution in [2.24, 2.45) is 5.10 Å². The summed E-state index contributed by atoms with van der Waals surface area (Å²) < 4.78 is 42.1. The molecule has 1 N–H and O–H groups in total. The first-order valence-electron chi connectivity index (χ1n) is 10.7. The Hall–Kier alpha value is -3.27. The summed E-state index contributed by atoms with van der Waals surface area (Å²) in [5, 5.41) is 3.94. The fourth-order valence-electron chi connectivity index (χ4n) is 2.82. The van der Waals surface area contributed by atoms with Crippen molar-refractivity contribution in [2.75, 3.05) is 36.9 Å². The van der Waals surface area contributed by atoms with Crippen LogP contribution in [0.3, 0.4) is 0 Å². The number of hydrazone groups is 1. The van der Waals surface area contributed by atoms with Crippen molar-refractivity contribution in [2.45, 2.75) is 27.2 Å². The van der Waals surface area contributed by atoms with Crippen LogP contribution < -0.4 is 23.9 Å². The number of amides is 1. The second-order valence-corrected chi connectivity index (χ2v) is 8.88. The number of sulfonamides is 1. The Morgan fingerprint density at radius 1 is 1.00 bits per heavy atom. The van der Waals surface area contributed by atoms with Gasteiger partial charge in [-0.2, -0.15) is 5.10 Å². The lowest BCUT2D eigenvalue weighted by Gasteiger charge is -2.21. The highest BCUT2D eigenvalue weighted by molar-refractivity contribution is 7.92. The molecule has 9 nitrogen and oxygen atoms in total. The summed E-state index contributed by atoms with van der Waals surface area (Å²) in [6.07, 6.45) is 3.37. The third-order valence-corrected chi connectivity index (χ3v) is 5.40. The number of carbonyl (C=O) groups is 1. The Morgan fingerprint density at radius 2 is 1.70 bits per heavy atom. The van der Waals surface area contributed by atoms with Gasteiger partial charge in [-0.3, -0.25) is 9.10 Å². The van der Waals surface area contributed by atoms with Crippen LogP contribution >= 0.6 is 0 Å². The molecule has 180 valence electrons. The fourth-order valence-corrected chi connectivity index (χ4v) is 3.68. The van der Waals surface area contributed by atoms with Gasteiger partial charge in [0.05, 0.1) is 38.0 Å². The monoisotopic (exact) mass is 477 g/mol. The van der Waals surface area contributed by atoms with Crippen LogP contribution in [-0.2, 0) is 14.8 Å². The molecule has 0 aliphatic heterocycles. The summed E-state index contributed by atoms with van der Waals surface area (Å²) >= 11 is 0. The Labute approximate surface area is 195 Å². The number of rotatable bonds is 13. The molecule has 0 heterocycles. The van der Waals surface area contributed by atoms with Crippen LogP contribution in [-0.4, -0.2) is 53.2 Å². The van der Waals surface area contributed by atoms with Crippen LogP contribution in [0.15, 0.2) is 47.6 Å². The molecule has 1 amide bonds. The molecule has 0 spiro atoms. The van der Waals surface area contributed by atoms with Gasteiger partial charge in [0, 0.05) is 0 Å². The van der Waals surface area contributed by atoms with Gasteiger partial charge < -0.3 is 14.2 Å². The van der Waals surface area contributed by atoms with Crippen molar-refractivity contribution in [3.8, 4) is 17.2 Å². The summed E-state index contributed by atoms with van der Waals surface area (Å²) in [5.41, 5.74) is 3.40. The van der Waals surface area contributed by atoms with E-state index in [9.17, 15) is 13.2 Å². The minimum Gasteiger partial charge on any atom is -0.494 e. The Bertz CT molecular complexity index is 1040. The lowest BCUT2D eigenvalue weighted by molar-refractivity contribution is -0.119. The number of nitrogens with one attached hydrogen (secondary N) is 1. The maximum absolute atomic E-state index is 12.4. The third kappa shape index (κ3) is 8.30. The van der Waals surface area contributed by atoms with Crippen molar-refractivity contribution in [3.63, 3.8) is 0 Å². The van der Waals surface area contributed by atoms with Gasteiger partial charge in [-0.05, 0) is 68.3 Å². The Morgan fingerprint density at radius 3 is 2.30 bits per heavy atom. The lowest BCUT2D eigenvalue weighted by atomic mass is 10.2. The molecule has 0 aliphatic carbocycles. The quantitative estimate of drug-likeness (QED) is 0.351. The maximum atomic E-state index is 12.4. The predicted octanol–water partition coefficient (Wildman–Crippen LogP) is 3.19. The number of benzene rings is 2. The van der Waals surface area contributed by atoms with Crippen molar-refractivity contribution < 1.29 is 27.4 Å². The smallest absolute Gasteiger partial charge is 0.260 e. The van der Waals surface area contributed by atoms with Gasteiger partial charge in [0.15, 0.2) is 11.5 Å². The van der Waals surface area contributed by atoms with E-state index in [1.165, 1.54) is 6.21 Å². The summed E-state index contributed by atoms with van der Waals surface area (Å²) in [6.45, 7) is 6.89. The molecule has 0 atom stereocenters. The first kappa shape index (κ1) is 26.0. The van der Waals surface area contributed by atoms with E-state index < -0.39 is 22.5 Å². The molecule has 0 aromatic heterocycles. The van der Waals surface area contributed by atoms with Crippen LogP contribution in [0.2, 0.25) is 0 Å². The number of carbonyl (C=O) groups excluding carboxylic acids is 1. The molecular weight excluding hydrogens is 446 g/mol. The van der Waals surface area contributed by atoms with Crippen LogP contribution in [0.4, 0.5) is 5.69 Å². The van der Waals surface area contributed by atoms with Crippen LogP contribution in [0.5, 0.6) is 17.2 Å². The molecule has 33 heavy (non-hydrogen) atoms. The van der Waals surface area contributed by atoms with E-state index in [2.05, 4.69) is 10.5 Å². The molecule has 2 aromatic carbocycles. The number of hydrogen-bond donors (Lipinski definition) is 1. The molecule has 0 saturated carbocycles. The van der Waals surface area contributed by atoms with Gasteiger partial charge >= 0.3 is 0 Å². The average molecular weight is 478 g/mol. The zero-order chi connectivity index (χ0) is 24.3. The molecule has 0 unspecified atom stereocenters. The minimum atomic E-state index is -3.69. The van der Waals surface area contributed by atoms with Gasteiger partial charge in [0.2, 0.25) is 10.0 Å². The Balaban J connectivity index is 2.06. The first-order chi connectivity index (χ1) is 15.8. The molecule has 2 aromatic rings. The summed E-state index contributed by atoms with van der Waals surface area (Å²) in [4.78, 5) is 12.4. The largest absolute Gasteiger partial charge is 0.494 e. The third-order valence-electron chi connectivity index (χ3n) is 4.26. The Kier molecular flexibility index (Phi) is 9.99. The highest BCUT2D eigenvalue weighted by Gasteiger charge is 2.20. The molecule has 0 fully saturated rings. The van der Waals surface area contributed by atoms with E-state index in [1.54, 1.807) is 42.5 Å². The number of anilines is 1. The van der Waals surface area contributed by atoms with Gasteiger partial charge in [0.1, 0.15) is 12.3 Å². The lowest BCUT2D eigenvalue weighted by Crippen LogP contribution is -2.39.